The van der Waals surface area contributed by atoms with Gasteiger partial charge < -0.3 is 11.1 Å². The van der Waals surface area contributed by atoms with Crippen LogP contribution in [-0.4, -0.2) is 5.91 Å². The molecule has 18 heavy (non-hydrogen) atoms. The van der Waals surface area contributed by atoms with Crippen LogP contribution in [0.4, 0.5) is 15.8 Å². The lowest BCUT2D eigenvalue weighted by molar-refractivity contribution is 0.103. The average Bonchev–Trinajstić information content (AvgIpc) is 2.82. The van der Waals surface area contributed by atoms with Crippen molar-refractivity contribution in [2.45, 2.75) is 13.3 Å². The number of hydrogen-bond acceptors (Lipinski definition) is 3. The number of nitrogen functional groups attached to an aromatic ring is 1. The summed E-state index contributed by atoms with van der Waals surface area (Å²) in [6.07, 6.45) is 0.803. The molecule has 0 bridgehead atoms. The van der Waals surface area contributed by atoms with Gasteiger partial charge in [0.15, 0.2) is 0 Å². The minimum Gasteiger partial charge on any atom is -0.396 e. The summed E-state index contributed by atoms with van der Waals surface area (Å²) in [5, 5.41) is 4.59. The first-order valence-electron chi connectivity index (χ1n) is 5.54. The molecule has 94 valence electrons. The van der Waals surface area contributed by atoms with Gasteiger partial charge in [0.2, 0.25) is 0 Å². The third kappa shape index (κ3) is 2.51. The van der Waals surface area contributed by atoms with E-state index in [0.29, 0.717) is 10.6 Å². The highest BCUT2D eigenvalue weighted by Gasteiger charge is 2.12. The first-order chi connectivity index (χ1) is 8.61. The van der Waals surface area contributed by atoms with Gasteiger partial charge in [0.25, 0.3) is 5.91 Å². The van der Waals surface area contributed by atoms with E-state index in [0.717, 1.165) is 12.0 Å². The fraction of sp³-hybridized carbons (Fsp3) is 0.154. The highest BCUT2D eigenvalue weighted by molar-refractivity contribution is 7.12. The molecule has 0 saturated carbocycles. The molecule has 0 aliphatic carbocycles. The van der Waals surface area contributed by atoms with Crippen LogP contribution in [-0.2, 0) is 6.42 Å². The molecule has 0 saturated heterocycles. The van der Waals surface area contributed by atoms with Crippen molar-refractivity contribution in [1.82, 2.24) is 0 Å². The second-order valence-electron chi connectivity index (χ2n) is 3.82. The molecule has 3 nitrogen and oxygen atoms in total. The van der Waals surface area contributed by atoms with Crippen molar-refractivity contribution in [2.75, 3.05) is 11.1 Å². The Hall–Kier alpha value is -1.88. The molecule has 2 rings (SSSR count). The zero-order valence-electron chi connectivity index (χ0n) is 9.87. The van der Waals surface area contributed by atoms with E-state index >= 15 is 0 Å². The monoisotopic (exact) mass is 264 g/mol. The maximum Gasteiger partial charge on any atom is 0.266 e. The number of benzene rings is 1. The third-order valence-electron chi connectivity index (χ3n) is 2.59. The van der Waals surface area contributed by atoms with Crippen LogP contribution in [0.15, 0.2) is 29.6 Å². The number of nitrogens with one attached hydrogen (secondary N) is 1. The summed E-state index contributed by atoms with van der Waals surface area (Å²) in [6.45, 7) is 1.99. The molecule has 0 atom stereocenters. The second-order valence-corrected chi connectivity index (χ2v) is 4.74. The molecule has 0 spiro atoms. The summed E-state index contributed by atoms with van der Waals surface area (Å²) >= 11 is 1.39. The number of amides is 1. The van der Waals surface area contributed by atoms with E-state index in [4.69, 9.17) is 5.73 Å². The standard InChI is InChI=1S/C13H13FN2OS/c1-2-8-5-6-18-12(8)13(17)16-9-3-4-10(14)11(15)7-9/h3-7H,2,15H2,1H3,(H,16,17). The molecule has 3 N–H and O–H groups in total. The Labute approximate surface area is 108 Å². The van der Waals surface area contributed by atoms with Gasteiger partial charge in [-0.05, 0) is 41.6 Å². The Bertz CT molecular complexity index is 580. The number of halogens is 1. The van der Waals surface area contributed by atoms with Crippen LogP contribution in [0.3, 0.4) is 0 Å². The second kappa shape index (κ2) is 5.18. The Morgan fingerprint density at radius 1 is 1.44 bits per heavy atom. The largest absolute Gasteiger partial charge is 0.396 e. The quantitative estimate of drug-likeness (QED) is 0.836. The van der Waals surface area contributed by atoms with Crippen LogP contribution in [0.1, 0.15) is 22.2 Å². The van der Waals surface area contributed by atoms with Crippen LogP contribution in [0.2, 0.25) is 0 Å². The van der Waals surface area contributed by atoms with Crippen molar-refractivity contribution in [1.29, 1.82) is 0 Å². The lowest BCUT2D eigenvalue weighted by Crippen LogP contribution is -2.12. The minimum atomic E-state index is -0.488. The first-order valence-corrected chi connectivity index (χ1v) is 6.42. The molecule has 1 amide bonds. The Morgan fingerprint density at radius 2 is 2.22 bits per heavy atom. The van der Waals surface area contributed by atoms with E-state index in [1.54, 1.807) is 0 Å². The molecule has 1 aromatic heterocycles. The molecule has 2 aromatic rings. The maximum atomic E-state index is 13.0. The van der Waals surface area contributed by atoms with Gasteiger partial charge in [-0.1, -0.05) is 6.92 Å². The van der Waals surface area contributed by atoms with Crippen molar-refractivity contribution in [2.24, 2.45) is 0 Å². The van der Waals surface area contributed by atoms with Crippen LogP contribution in [0.5, 0.6) is 0 Å². The fourth-order valence-corrected chi connectivity index (χ4v) is 2.51. The minimum absolute atomic E-state index is 0.0229. The third-order valence-corrected chi connectivity index (χ3v) is 3.54. The van der Waals surface area contributed by atoms with E-state index in [2.05, 4.69) is 5.32 Å². The van der Waals surface area contributed by atoms with E-state index in [1.807, 2.05) is 18.4 Å². The molecular weight excluding hydrogens is 251 g/mol. The molecule has 0 aliphatic heterocycles. The summed E-state index contributed by atoms with van der Waals surface area (Å²) in [4.78, 5) is 12.7. The fourth-order valence-electron chi connectivity index (χ4n) is 1.62. The SMILES string of the molecule is CCc1ccsc1C(=O)Nc1ccc(F)c(N)c1. The lowest BCUT2D eigenvalue weighted by Gasteiger charge is -2.06. The van der Waals surface area contributed by atoms with Crippen molar-refractivity contribution in [3.05, 3.63) is 45.9 Å². The van der Waals surface area contributed by atoms with E-state index in [9.17, 15) is 9.18 Å². The molecule has 1 aromatic carbocycles. The molecule has 0 unspecified atom stereocenters. The van der Waals surface area contributed by atoms with Crippen molar-refractivity contribution in [3.8, 4) is 0 Å². The molecule has 5 heteroatoms. The zero-order chi connectivity index (χ0) is 13.1. The predicted octanol–water partition coefficient (Wildman–Crippen LogP) is 3.28. The number of rotatable bonds is 3. The summed E-state index contributed by atoms with van der Waals surface area (Å²) in [5.41, 5.74) is 6.97. The number of nitrogens with two attached hydrogens (primary N) is 1. The molecule has 1 heterocycles. The highest BCUT2D eigenvalue weighted by atomic mass is 32.1. The summed E-state index contributed by atoms with van der Waals surface area (Å²) < 4.78 is 13.0. The van der Waals surface area contributed by atoms with Gasteiger partial charge >= 0.3 is 0 Å². The molecule has 0 fully saturated rings. The van der Waals surface area contributed by atoms with Gasteiger partial charge in [-0.3, -0.25) is 4.79 Å². The topological polar surface area (TPSA) is 55.1 Å². The molecule has 0 radical (unpaired) electrons. The summed E-state index contributed by atoms with van der Waals surface area (Å²) in [5.74, 6) is -0.675. The van der Waals surface area contributed by atoms with E-state index in [-0.39, 0.29) is 11.6 Å². The first kappa shape index (κ1) is 12.6. The van der Waals surface area contributed by atoms with Crippen molar-refractivity contribution in [3.63, 3.8) is 0 Å². The number of carbonyl (C=O) groups is 1. The lowest BCUT2D eigenvalue weighted by atomic mass is 10.2. The Morgan fingerprint density at radius 3 is 2.89 bits per heavy atom. The zero-order valence-corrected chi connectivity index (χ0v) is 10.7. The summed E-state index contributed by atoms with van der Waals surface area (Å²) in [6, 6.07) is 6.06. The number of anilines is 2. The van der Waals surface area contributed by atoms with Gasteiger partial charge in [0, 0.05) is 5.69 Å². The average molecular weight is 264 g/mol. The van der Waals surface area contributed by atoms with E-state index in [1.165, 1.54) is 29.5 Å². The van der Waals surface area contributed by atoms with Crippen LogP contribution in [0, 0.1) is 5.82 Å². The Kier molecular flexibility index (Phi) is 3.62. The molecule has 0 aliphatic rings. The van der Waals surface area contributed by atoms with Crippen molar-refractivity contribution < 1.29 is 9.18 Å². The van der Waals surface area contributed by atoms with Crippen LogP contribution >= 0.6 is 11.3 Å². The Balaban J connectivity index is 2.19. The van der Waals surface area contributed by atoms with Crippen LogP contribution in [0.25, 0.3) is 0 Å². The predicted molar refractivity (Wildman–Crippen MR) is 72.5 cm³/mol. The highest BCUT2D eigenvalue weighted by Crippen LogP contribution is 2.21. The van der Waals surface area contributed by atoms with Gasteiger partial charge in [-0.2, -0.15) is 0 Å². The number of hydrogen-bond donors (Lipinski definition) is 2. The number of carbonyl (C=O) groups excluding carboxylic acids is 1. The smallest absolute Gasteiger partial charge is 0.266 e. The molecular formula is C13H13FN2OS. The summed E-state index contributed by atoms with van der Waals surface area (Å²) in [7, 11) is 0. The van der Waals surface area contributed by atoms with Gasteiger partial charge in [-0.15, -0.1) is 11.3 Å². The maximum absolute atomic E-state index is 13.0. The normalized spacial score (nSPS) is 10.3. The van der Waals surface area contributed by atoms with E-state index < -0.39 is 5.82 Å². The van der Waals surface area contributed by atoms with Crippen LogP contribution < -0.4 is 11.1 Å². The van der Waals surface area contributed by atoms with Crippen molar-refractivity contribution >= 4 is 28.6 Å². The van der Waals surface area contributed by atoms with Gasteiger partial charge in [0.05, 0.1) is 10.6 Å². The number of aryl methyl sites for hydroxylation is 1. The van der Waals surface area contributed by atoms with Gasteiger partial charge in [-0.25, -0.2) is 4.39 Å². The van der Waals surface area contributed by atoms with Gasteiger partial charge in [0.1, 0.15) is 5.82 Å². The number of thiophene rings is 1.